The Bertz CT molecular complexity index is 31.1. The van der Waals surface area contributed by atoms with Crippen LogP contribution >= 0.6 is 0 Å². The largest absolute Gasteiger partial charge is 0.503 e. The molecule has 7 heavy (non-hydrogen) atoms. The van der Waals surface area contributed by atoms with Crippen LogP contribution in [-0.4, -0.2) is 27.3 Å². The summed E-state index contributed by atoms with van der Waals surface area (Å²) >= 11 is 0. The fourth-order valence-corrected chi connectivity index (χ4v) is 0. The van der Waals surface area contributed by atoms with Crippen molar-refractivity contribution in [3.05, 3.63) is 0 Å². The summed E-state index contributed by atoms with van der Waals surface area (Å²) in [6.07, 6.45) is -1.83. The first-order valence-corrected chi connectivity index (χ1v) is 0.651. The van der Waals surface area contributed by atoms with Gasteiger partial charge in [0, 0.05) is 37.3 Å². The van der Waals surface area contributed by atoms with Gasteiger partial charge in [-0.1, -0.05) is 0 Å². The average molecular weight is 265 g/mol. The van der Waals surface area contributed by atoms with E-state index in [2.05, 4.69) is 0 Å². The molecule has 0 aromatic carbocycles. The summed E-state index contributed by atoms with van der Waals surface area (Å²) in [5.41, 5.74) is 0. The minimum Gasteiger partial charge on any atom is -0.450 e. The molecule has 0 rings (SSSR count). The van der Waals surface area contributed by atoms with Gasteiger partial charge >= 0.3 is 6.16 Å². The molecule has 0 radical (unpaired) electrons. The number of rotatable bonds is 0. The zero-order chi connectivity index (χ0) is 3.58. The van der Waals surface area contributed by atoms with E-state index in [0.29, 0.717) is 0 Å². The van der Waals surface area contributed by atoms with Crippen molar-refractivity contribution < 1.29 is 63.3 Å². The van der Waals surface area contributed by atoms with E-state index < -0.39 is 6.16 Å². The normalized spacial score (nSPS) is 3.43. The number of hydrogen-bond acceptors (Lipinski definition) is 1. The number of hydrogen-bond donors (Lipinski definition) is 2. The first-order valence-electron chi connectivity index (χ1n) is 0.651. The molecule has 0 unspecified atom stereocenters. The molecule has 6 heteroatoms. The standard InChI is InChI=1S/CH2O3.Er.2H2O/c2-1(3)4;;;/h(H2,2,3,4);;2*1H2. The molecule has 0 aliphatic rings. The molecule has 0 spiro atoms. The van der Waals surface area contributed by atoms with E-state index in [0.717, 1.165) is 0 Å². The van der Waals surface area contributed by atoms with Crippen molar-refractivity contribution >= 4 is 6.16 Å². The van der Waals surface area contributed by atoms with Crippen molar-refractivity contribution in [2.45, 2.75) is 0 Å². The van der Waals surface area contributed by atoms with E-state index in [1.165, 1.54) is 0 Å². The summed E-state index contributed by atoms with van der Waals surface area (Å²) in [7, 11) is 0. The predicted molar refractivity (Wildman–Crippen MR) is 17.9 cm³/mol. The molecule has 0 amide bonds. The van der Waals surface area contributed by atoms with Gasteiger partial charge < -0.3 is 21.2 Å². The molecule has 0 aliphatic heterocycles. The average Bonchev–Trinajstić information content (AvgIpc) is 0.811. The fourth-order valence-electron chi connectivity index (χ4n) is 0. The van der Waals surface area contributed by atoms with E-state index in [1.807, 2.05) is 0 Å². The molecule has 5 nitrogen and oxygen atoms in total. The van der Waals surface area contributed by atoms with Crippen LogP contribution in [0.25, 0.3) is 0 Å². The summed E-state index contributed by atoms with van der Waals surface area (Å²) in [6.45, 7) is 0. The van der Waals surface area contributed by atoms with Crippen molar-refractivity contribution in [2.24, 2.45) is 0 Å². The van der Waals surface area contributed by atoms with Gasteiger partial charge in [-0.3, -0.25) is 0 Å². The van der Waals surface area contributed by atoms with E-state index >= 15 is 0 Å². The molecule has 0 fully saturated rings. The zero-order valence-electron chi connectivity index (χ0n) is 3.09. The molecule has 0 aromatic heterocycles. The minimum absolute atomic E-state index is 0. The molecule has 6 N–H and O–H groups in total. The fraction of sp³-hybridized carbons (Fsp3) is 0. The van der Waals surface area contributed by atoms with Gasteiger partial charge in [0.15, 0.2) is 0 Å². The molecule has 0 saturated heterocycles. The third-order valence-electron chi connectivity index (χ3n) is 0. The van der Waals surface area contributed by atoms with Crippen molar-refractivity contribution in [2.75, 3.05) is 0 Å². The molecule has 0 atom stereocenters. The monoisotopic (exact) mass is 264 g/mol. The van der Waals surface area contributed by atoms with Crippen molar-refractivity contribution in [1.29, 1.82) is 0 Å². The summed E-state index contributed by atoms with van der Waals surface area (Å²) in [6, 6.07) is 0. The quantitative estimate of drug-likeness (QED) is 0.558. The van der Waals surface area contributed by atoms with Gasteiger partial charge in [-0.05, 0) is 0 Å². The van der Waals surface area contributed by atoms with Crippen LogP contribution in [0.1, 0.15) is 0 Å². The Hall–Kier alpha value is 0.437. The van der Waals surface area contributed by atoms with Crippen LogP contribution in [-0.2, 0) is 0 Å². The van der Waals surface area contributed by atoms with Crippen LogP contribution < -0.4 is 0 Å². The van der Waals surface area contributed by atoms with Crippen molar-refractivity contribution in [3.63, 3.8) is 0 Å². The first-order chi connectivity index (χ1) is 1.73. The Labute approximate surface area is 69.2 Å². The Kier molecular flexibility index (Phi) is 60.0. The zero-order valence-corrected chi connectivity index (χ0v) is 4.94. The molecule has 0 aromatic rings. The van der Waals surface area contributed by atoms with Crippen LogP contribution in [0, 0.1) is 37.3 Å². The van der Waals surface area contributed by atoms with E-state index in [9.17, 15) is 0 Å². The van der Waals surface area contributed by atoms with E-state index in [4.69, 9.17) is 15.0 Å². The SMILES string of the molecule is O.O.O=C(O)O.[Er]. The molecule has 0 bridgehead atoms. The Morgan fingerprint density at radius 3 is 1.14 bits per heavy atom. The first kappa shape index (κ1) is 26.1. The number of carbonyl (C=O) groups is 1. The maximum Gasteiger partial charge on any atom is 0.503 e. The molecule has 0 aliphatic carbocycles. The summed E-state index contributed by atoms with van der Waals surface area (Å²) in [5, 5.41) is 13.9. The number of carboxylic acid groups (broad SMARTS) is 2. The maximum absolute atomic E-state index is 8.56. The second-order valence-corrected chi connectivity index (χ2v) is 0.283. The van der Waals surface area contributed by atoms with Crippen LogP contribution in [0.3, 0.4) is 0 Å². The van der Waals surface area contributed by atoms with Crippen molar-refractivity contribution in [3.8, 4) is 0 Å². The summed E-state index contributed by atoms with van der Waals surface area (Å²) < 4.78 is 0. The Morgan fingerprint density at radius 1 is 1.14 bits per heavy atom. The van der Waals surface area contributed by atoms with Gasteiger partial charge in [-0.2, -0.15) is 0 Å². The molecule has 0 heterocycles. The van der Waals surface area contributed by atoms with Gasteiger partial charge in [0.25, 0.3) is 0 Å². The van der Waals surface area contributed by atoms with Crippen LogP contribution in [0.2, 0.25) is 0 Å². The summed E-state index contributed by atoms with van der Waals surface area (Å²) in [5.74, 6) is 0. The smallest absolute Gasteiger partial charge is 0.450 e. The molecule has 52 valence electrons. The van der Waals surface area contributed by atoms with Crippen LogP contribution in [0.4, 0.5) is 4.79 Å². The molecular formula is CH6ErO5. The van der Waals surface area contributed by atoms with Gasteiger partial charge in [0.1, 0.15) is 0 Å². The topological polar surface area (TPSA) is 121 Å². The predicted octanol–water partition coefficient (Wildman–Crippen LogP) is -1.43. The molecule has 0 saturated carbocycles. The second kappa shape index (κ2) is 16.1. The van der Waals surface area contributed by atoms with Crippen LogP contribution in [0.5, 0.6) is 0 Å². The Morgan fingerprint density at radius 2 is 1.14 bits per heavy atom. The van der Waals surface area contributed by atoms with Crippen LogP contribution in [0.15, 0.2) is 0 Å². The van der Waals surface area contributed by atoms with Gasteiger partial charge in [-0.15, -0.1) is 0 Å². The molecular weight excluding hydrogens is 259 g/mol. The summed E-state index contributed by atoms with van der Waals surface area (Å²) in [4.78, 5) is 8.56. The third-order valence-corrected chi connectivity index (χ3v) is 0. The van der Waals surface area contributed by atoms with E-state index in [-0.39, 0.29) is 48.3 Å². The van der Waals surface area contributed by atoms with E-state index in [1.54, 1.807) is 0 Å². The Balaban J connectivity index is -0.0000000150. The van der Waals surface area contributed by atoms with Gasteiger partial charge in [-0.25, -0.2) is 4.79 Å². The third kappa shape index (κ3) is 664. The van der Waals surface area contributed by atoms with Gasteiger partial charge in [0.2, 0.25) is 0 Å². The van der Waals surface area contributed by atoms with Crippen molar-refractivity contribution in [1.82, 2.24) is 0 Å². The minimum atomic E-state index is -1.83. The second-order valence-electron chi connectivity index (χ2n) is 0.283. The maximum atomic E-state index is 8.56. The van der Waals surface area contributed by atoms with Gasteiger partial charge in [0.05, 0.1) is 0 Å².